The number of anilines is 1. The summed E-state index contributed by atoms with van der Waals surface area (Å²) < 4.78 is 10.7. The zero-order valence-electron chi connectivity index (χ0n) is 13.5. The molecular formula is C19H19NO3. The van der Waals surface area contributed by atoms with E-state index in [1.54, 1.807) is 13.4 Å². The lowest BCUT2D eigenvalue weighted by Gasteiger charge is -2.07. The van der Waals surface area contributed by atoms with Crippen molar-refractivity contribution in [3.63, 3.8) is 0 Å². The maximum atomic E-state index is 12.3. The van der Waals surface area contributed by atoms with Crippen molar-refractivity contribution in [3.8, 4) is 5.75 Å². The van der Waals surface area contributed by atoms with Gasteiger partial charge in [0.25, 0.3) is 0 Å². The number of carbonyl (C=O) groups is 1. The first-order chi connectivity index (χ1) is 11.1. The first-order valence-corrected chi connectivity index (χ1v) is 7.48. The summed E-state index contributed by atoms with van der Waals surface area (Å²) in [5.41, 5.74) is 4.76. The number of carbonyl (C=O) groups excluding carboxylic acids is 1. The van der Waals surface area contributed by atoms with Crippen LogP contribution in [0.15, 0.2) is 47.1 Å². The molecule has 0 spiro atoms. The lowest BCUT2D eigenvalue weighted by Crippen LogP contribution is -2.14. The van der Waals surface area contributed by atoms with Gasteiger partial charge in [-0.3, -0.25) is 4.79 Å². The molecule has 118 valence electrons. The van der Waals surface area contributed by atoms with Crippen LogP contribution in [-0.2, 0) is 11.2 Å². The molecule has 0 aliphatic heterocycles. The van der Waals surface area contributed by atoms with Crippen molar-refractivity contribution in [2.24, 2.45) is 0 Å². The summed E-state index contributed by atoms with van der Waals surface area (Å²) in [5, 5.41) is 3.83. The molecule has 0 aliphatic carbocycles. The Kier molecular flexibility index (Phi) is 4.06. The highest BCUT2D eigenvalue weighted by Crippen LogP contribution is 2.26. The number of hydrogen-bond donors (Lipinski definition) is 1. The summed E-state index contributed by atoms with van der Waals surface area (Å²) in [4.78, 5) is 12.3. The molecule has 0 atom stereocenters. The van der Waals surface area contributed by atoms with Crippen LogP contribution >= 0.6 is 0 Å². The molecule has 1 amide bonds. The third-order valence-corrected chi connectivity index (χ3v) is 4.00. The molecule has 0 aliphatic rings. The highest BCUT2D eigenvalue weighted by atomic mass is 16.5. The number of methoxy groups -OCH3 is 1. The Hall–Kier alpha value is -2.75. The number of nitrogens with one attached hydrogen (secondary N) is 1. The van der Waals surface area contributed by atoms with E-state index >= 15 is 0 Å². The van der Waals surface area contributed by atoms with Crippen LogP contribution in [0.3, 0.4) is 0 Å². The quantitative estimate of drug-likeness (QED) is 0.784. The van der Waals surface area contributed by atoms with Gasteiger partial charge in [-0.1, -0.05) is 6.07 Å². The van der Waals surface area contributed by atoms with Gasteiger partial charge in [-0.05, 0) is 55.3 Å². The van der Waals surface area contributed by atoms with E-state index < -0.39 is 0 Å². The highest BCUT2D eigenvalue weighted by molar-refractivity contribution is 5.95. The molecule has 0 fully saturated rings. The molecule has 1 N–H and O–H groups in total. The standard InChI is InChI=1S/C19H19NO3/c1-12-4-5-15(8-13(12)2)20-19(21)9-14-11-23-18-7-6-16(22-3)10-17(14)18/h4-8,10-11H,9H2,1-3H3,(H,20,21). The average Bonchev–Trinajstić information content (AvgIpc) is 2.93. The number of ether oxygens (including phenoxy) is 1. The predicted octanol–water partition coefficient (Wildman–Crippen LogP) is 4.24. The molecular weight excluding hydrogens is 290 g/mol. The number of furan rings is 1. The van der Waals surface area contributed by atoms with Crippen LogP contribution in [0.25, 0.3) is 11.0 Å². The molecule has 0 saturated carbocycles. The van der Waals surface area contributed by atoms with Crippen molar-refractivity contribution in [2.45, 2.75) is 20.3 Å². The topological polar surface area (TPSA) is 51.5 Å². The minimum atomic E-state index is -0.0706. The van der Waals surface area contributed by atoms with Gasteiger partial charge in [0.15, 0.2) is 0 Å². The maximum Gasteiger partial charge on any atom is 0.228 e. The molecule has 1 aromatic heterocycles. The van der Waals surface area contributed by atoms with E-state index in [1.807, 2.05) is 50.2 Å². The third kappa shape index (κ3) is 3.21. The zero-order valence-corrected chi connectivity index (χ0v) is 13.5. The third-order valence-electron chi connectivity index (χ3n) is 4.00. The summed E-state index contributed by atoms with van der Waals surface area (Å²) >= 11 is 0. The van der Waals surface area contributed by atoms with Crippen molar-refractivity contribution in [3.05, 3.63) is 59.4 Å². The van der Waals surface area contributed by atoms with Crippen LogP contribution in [0.5, 0.6) is 5.75 Å². The van der Waals surface area contributed by atoms with E-state index in [4.69, 9.17) is 9.15 Å². The minimum Gasteiger partial charge on any atom is -0.497 e. The van der Waals surface area contributed by atoms with E-state index in [0.29, 0.717) is 0 Å². The van der Waals surface area contributed by atoms with Gasteiger partial charge in [0, 0.05) is 16.6 Å². The molecule has 2 aromatic carbocycles. The Morgan fingerprint density at radius 3 is 2.70 bits per heavy atom. The van der Waals surface area contributed by atoms with Crippen LogP contribution in [-0.4, -0.2) is 13.0 Å². The van der Waals surface area contributed by atoms with Crippen molar-refractivity contribution in [1.29, 1.82) is 0 Å². The Labute approximate surface area is 135 Å². The second kappa shape index (κ2) is 6.16. The number of hydrogen-bond acceptors (Lipinski definition) is 3. The number of benzene rings is 2. The molecule has 4 nitrogen and oxygen atoms in total. The van der Waals surface area contributed by atoms with Crippen LogP contribution in [0, 0.1) is 13.8 Å². The maximum absolute atomic E-state index is 12.3. The molecule has 3 aromatic rings. The Morgan fingerprint density at radius 2 is 1.96 bits per heavy atom. The molecule has 0 unspecified atom stereocenters. The SMILES string of the molecule is COc1ccc2occ(CC(=O)Nc3ccc(C)c(C)c3)c2c1. The fraction of sp³-hybridized carbons (Fsp3) is 0.211. The van der Waals surface area contributed by atoms with Crippen LogP contribution in [0.4, 0.5) is 5.69 Å². The van der Waals surface area contributed by atoms with E-state index in [2.05, 4.69) is 5.32 Å². The van der Waals surface area contributed by atoms with Gasteiger partial charge in [0.05, 0.1) is 19.8 Å². The number of aryl methyl sites for hydroxylation is 2. The molecule has 4 heteroatoms. The van der Waals surface area contributed by atoms with Crippen molar-refractivity contribution in [2.75, 3.05) is 12.4 Å². The smallest absolute Gasteiger partial charge is 0.228 e. The van der Waals surface area contributed by atoms with Crippen LogP contribution < -0.4 is 10.1 Å². The average molecular weight is 309 g/mol. The monoisotopic (exact) mass is 309 g/mol. The predicted molar refractivity (Wildman–Crippen MR) is 91.0 cm³/mol. The van der Waals surface area contributed by atoms with Gasteiger partial charge < -0.3 is 14.5 Å². The second-order valence-electron chi connectivity index (χ2n) is 5.65. The first kappa shape index (κ1) is 15.2. The van der Waals surface area contributed by atoms with E-state index in [-0.39, 0.29) is 12.3 Å². The highest BCUT2D eigenvalue weighted by Gasteiger charge is 2.12. The van der Waals surface area contributed by atoms with Gasteiger partial charge in [0.2, 0.25) is 5.91 Å². The fourth-order valence-electron chi connectivity index (χ4n) is 2.52. The Bertz CT molecular complexity index is 864. The summed E-state index contributed by atoms with van der Waals surface area (Å²) in [7, 11) is 1.62. The van der Waals surface area contributed by atoms with E-state index in [9.17, 15) is 4.79 Å². The van der Waals surface area contributed by atoms with Crippen molar-refractivity contribution >= 4 is 22.6 Å². The summed E-state index contributed by atoms with van der Waals surface area (Å²) in [6.45, 7) is 4.08. The minimum absolute atomic E-state index is 0.0706. The summed E-state index contributed by atoms with van der Waals surface area (Å²) in [6.07, 6.45) is 1.89. The molecule has 0 radical (unpaired) electrons. The van der Waals surface area contributed by atoms with Crippen LogP contribution in [0.2, 0.25) is 0 Å². The van der Waals surface area contributed by atoms with Gasteiger partial charge in [-0.25, -0.2) is 0 Å². The Balaban J connectivity index is 1.78. The van der Waals surface area contributed by atoms with Gasteiger partial charge >= 0.3 is 0 Å². The van der Waals surface area contributed by atoms with Crippen molar-refractivity contribution < 1.29 is 13.9 Å². The number of fused-ring (bicyclic) bond motifs is 1. The summed E-state index contributed by atoms with van der Waals surface area (Å²) in [5.74, 6) is 0.675. The largest absolute Gasteiger partial charge is 0.497 e. The summed E-state index contributed by atoms with van der Waals surface area (Å²) in [6, 6.07) is 11.5. The lowest BCUT2D eigenvalue weighted by molar-refractivity contribution is -0.115. The molecule has 1 heterocycles. The van der Waals surface area contributed by atoms with Gasteiger partial charge in [-0.15, -0.1) is 0 Å². The van der Waals surface area contributed by atoms with E-state index in [1.165, 1.54) is 5.56 Å². The number of amides is 1. The van der Waals surface area contributed by atoms with Gasteiger partial charge in [0.1, 0.15) is 11.3 Å². The normalized spacial score (nSPS) is 10.7. The lowest BCUT2D eigenvalue weighted by atomic mass is 10.1. The number of rotatable bonds is 4. The Morgan fingerprint density at radius 1 is 1.13 bits per heavy atom. The fourth-order valence-corrected chi connectivity index (χ4v) is 2.52. The van der Waals surface area contributed by atoms with E-state index in [0.717, 1.165) is 33.5 Å². The van der Waals surface area contributed by atoms with Crippen molar-refractivity contribution in [1.82, 2.24) is 0 Å². The first-order valence-electron chi connectivity index (χ1n) is 7.48. The van der Waals surface area contributed by atoms with Gasteiger partial charge in [-0.2, -0.15) is 0 Å². The molecule has 0 saturated heterocycles. The second-order valence-corrected chi connectivity index (χ2v) is 5.65. The molecule has 3 rings (SSSR count). The molecule has 23 heavy (non-hydrogen) atoms. The zero-order chi connectivity index (χ0) is 16.4. The molecule has 0 bridgehead atoms. The van der Waals surface area contributed by atoms with Crippen LogP contribution in [0.1, 0.15) is 16.7 Å².